The fraction of sp³-hybridized carbons (Fsp3) is 1.00. The number of ether oxygens (including phenoxy) is 2. The number of hydrogen-bond acceptors (Lipinski definition) is 2. The average molecular weight is 369 g/mol. The van der Waals surface area contributed by atoms with Crippen molar-refractivity contribution in [1.82, 2.24) is 0 Å². The molecule has 0 aromatic heterocycles. The van der Waals surface area contributed by atoms with Crippen LogP contribution in [0.2, 0.25) is 0 Å². The van der Waals surface area contributed by atoms with E-state index in [-0.39, 0.29) is 11.2 Å². The summed E-state index contributed by atoms with van der Waals surface area (Å²) < 4.78 is 13.9. The summed E-state index contributed by atoms with van der Waals surface area (Å²) in [4.78, 5) is 0. The zero-order valence-corrected chi connectivity index (χ0v) is 18.7. The van der Waals surface area contributed by atoms with E-state index < -0.39 is 0 Å². The SMILES string of the molecule is CCCCC1COC(CCCC)(CCCC)C(CCCC)(CCCC)O1. The molecule has 0 aromatic rings. The highest BCUT2D eigenvalue weighted by atomic mass is 16.6. The molecule has 2 nitrogen and oxygen atoms in total. The lowest BCUT2D eigenvalue weighted by atomic mass is 9.69. The van der Waals surface area contributed by atoms with Gasteiger partial charge in [0.05, 0.1) is 23.9 Å². The van der Waals surface area contributed by atoms with Gasteiger partial charge in [0.25, 0.3) is 0 Å². The van der Waals surface area contributed by atoms with Crippen LogP contribution in [0.4, 0.5) is 0 Å². The largest absolute Gasteiger partial charge is 0.369 e. The van der Waals surface area contributed by atoms with Crippen LogP contribution in [0.25, 0.3) is 0 Å². The zero-order chi connectivity index (χ0) is 19.3. The molecule has 0 aliphatic carbocycles. The van der Waals surface area contributed by atoms with Crippen LogP contribution in [-0.2, 0) is 9.47 Å². The molecule has 2 heteroatoms. The van der Waals surface area contributed by atoms with Gasteiger partial charge < -0.3 is 9.47 Å². The minimum Gasteiger partial charge on any atom is -0.369 e. The molecule has 1 fully saturated rings. The Balaban J connectivity index is 3.14. The third kappa shape index (κ3) is 6.51. The summed E-state index contributed by atoms with van der Waals surface area (Å²) in [6.45, 7) is 12.3. The van der Waals surface area contributed by atoms with Crippen molar-refractivity contribution >= 4 is 0 Å². The molecule has 0 saturated carbocycles. The molecule has 156 valence electrons. The molecule has 1 atom stereocenters. The van der Waals surface area contributed by atoms with Crippen LogP contribution in [0.3, 0.4) is 0 Å². The molecule has 1 aliphatic rings. The summed E-state index contributed by atoms with van der Waals surface area (Å²) in [5, 5.41) is 0. The van der Waals surface area contributed by atoms with Gasteiger partial charge in [-0.3, -0.25) is 0 Å². The topological polar surface area (TPSA) is 18.5 Å². The van der Waals surface area contributed by atoms with Crippen molar-refractivity contribution in [2.75, 3.05) is 6.61 Å². The van der Waals surface area contributed by atoms with E-state index in [0.717, 1.165) is 13.0 Å². The molecular formula is C24H48O2. The Bertz CT molecular complexity index is 323. The van der Waals surface area contributed by atoms with E-state index in [9.17, 15) is 0 Å². The molecule has 0 spiro atoms. The van der Waals surface area contributed by atoms with E-state index >= 15 is 0 Å². The van der Waals surface area contributed by atoms with Gasteiger partial charge in [-0.25, -0.2) is 0 Å². The molecule has 0 amide bonds. The molecule has 0 N–H and O–H groups in total. The van der Waals surface area contributed by atoms with E-state index in [4.69, 9.17) is 9.47 Å². The van der Waals surface area contributed by atoms with Gasteiger partial charge in [0.15, 0.2) is 0 Å². The van der Waals surface area contributed by atoms with Crippen LogP contribution >= 0.6 is 0 Å². The van der Waals surface area contributed by atoms with Gasteiger partial charge in [0, 0.05) is 0 Å². The lowest BCUT2D eigenvalue weighted by Crippen LogP contribution is -2.63. The van der Waals surface area contributed by atoms with Gasteiger partial charge in [0.1, 0.15) is 0 Å². The molecule has 1 rings (SSSR count). The fourth-order valence-corrected chi connectivity index (χ4v) is 4.69. The first kappa shape index (κ1) is 24.0. The van der Waals surface area contributed by atoms with Gasteiger partial charge in [-0.1, -0.05) is 98.8 Å². The Hall–Kier alpha value is -0.0800. The van der Waals surface area contributed by atoms with E-state index in [1.807, 2.05) is 0 Å². The third-order valence-corrected chi connectivity index (χ3v) is 6.38. The Morgan fingerprint density at radius 1 is 0.615 bits per heavy atom. The van der Waals surface area contributed by atoms with Crippen LogP contribution in [-0.4, -0.2) is 23.9 Å². The minimum absolute atomic E-state index is 0.0495. The van der Waals surface area contributed by atoms with Gasteiger partial charge in [-0.2, -0.15) is 0 Å². The molecule has 1 saturated heterocycles. The third-order valence-electron chi connectivity index (χ3n) is 6.38. The van der Waals surface area contributed by atoms with E-state index in [1.54, 1.807) is 0 Å². The Morgan fingerprint density at radius 2 is 1.04 bits per heavy atom. The highest BCUT2D eigenvalue weighted by molar-refractivity contribution is 5.05. The smallest absolute Gasteiger partial charge is 0.0975 e. The second-order valence-electron chi connectivity index (χ2n) is 8.60. The maximum absolute atomic E-state index is 7.07. The summed E-state index contributed by atoms with van der Waals surface area (Å²) in [6, 6.07) is 0. The molecule has 0 bridgehead atoms. The summed E-state index contributed by atoms with van der Waals surface area (Å²) >= 11 is 0. The Kier molecular flexibility index (Phi) is 12.1. The van der Waals surface area contributed by atoms with Gasteiger partial charge >= 0.3 is 0 Å². The van der Waals surface area contributed by atoms with Crippen LogP contribution in [0.1, 0.15) is 131 Å². The quantitative estimate of drug-likeness (QED) is 0.293. The molecule has 1 aliphatic heterocycles. The maximum Gasteiger partial charge on any atom is 0.0975 e. The first-order valence-corrected chi connectivity index (χ1v) is 11.9. The second-order valence-corrected chi connectivity index (χ2v) is 8.60. The second kappa shape index (κ2) is 13.2. The Labute approximate surface area is 164 Å². The van der Waals surface area contributed by atoms with Crippen LogP contribution in [0.15, 0.2) is 0 Å². The molecular weight excluding hydrogens is 320 g/mol. The van der Waals surface area contributed by atoms with Gasteiger partial charge in [-0.15, -0.1) is 0 Å². The van der Waals surface area contributed by atoms with Crippen molar-refractivity contribution in [3.8, 4) is 0 Å². The summed E-state index contributed by atoms with van der Waals surface area (Å²) in [5.41, 5.74) is -0.105. The average Bonchev–Trinajstić information content (AvgIpc) is 2.67. The molecule has 0 radical (unpaired) electrons. The highest BCUT2D eigenvalue weighted by Gasteiger charge is 2.55. The summed E-state index contributed by atoms with van der Waals surface area (Å²) in [6.07, 6.45) is 18.7. The van der Waals surface area contributed by atoms with Crippen molar-refractivity contribution < 1.29 is 9.47 Å². The van der Waals surface area contributed by atoms with E-state index in [0.29, 0.717) is 6.10 Å². The van der Waals surface area contributed by atoms with Crippen LogP contribution < -0.4 is 0 Å². The maximum atomic E-state index is 7.07. The van der Waals surface area contributed by atoms with Crippen LogP contribution in [0, 0.1) is 0 Å². The van der Waals surface area contributed by atoms with Crippen molar-refractivity contribution in [3.05, 3.63) is 0 Å². The number of hydrogen-bond donors (Lipinski definition) is 0. The predicted octanol–water partition coefficient (Wildman–Crippen LogP) is 7.83. The lowest BCUT2D eigenvalue weighted by molar-refractivity contribution is -0.301. The summed E-state index contributed by atoms with van der Waals surface area (Å²) in [5.74, 6) is 0. The van der Waals surface area contributed by atoms with Crippen molar-refractivity contribution in [1.29, 1.82) is 0 Å². The van der Waals surface area contributed by atoms with Crippen LogP contribution in [0.5, 0.6) is 0 Å². The predicted molar refractivity (Wildman–Crippen MR) is 114 cm³/mol. The van der Waals surface area contributed by atoms with Crippen molar-refractivity contribution in [2.24, 2.45) is 0 Å². The Morgan fingerprint density at radius 3 is 1.46 bits per heavy atom. The van der Waals surface area contributed by atoms with E-state index in [1.165, 1.54) is 89.9 Å². The number of rotatable bonds is 15. The van der Waals surface area contributed by atoms with Gasteiger partial charge in [-0.05, 0) is 32.1 Å². The van der Waals surface area contributed by atoms with E-state index in [2.05, 4.69) is 34.6 Å². The molecule has 26 heavy (non-hydrogen) atoms. The van der Waals surface area contributed by atoms with Gasteiger partial charge in [0.2, 0.25) is 0 Å². The highest BCUT2D eigenvalue weighted by Crippen LogP contribution is 2.49. The normalized spacial score (nSPS) is 21.8. The fourth-order valence-electron chi connectivity index (χ4n) is 4.69. The zero-order valence-electron chi connectivity index (χ0n) is 18.7. The lowest BCUT2D eigenvalue weighted by Gasteiger charge is -2.56. The van der Waals surface area contributed by atoms with Crippen molar-refractivity contribution in [3.63, 3.8) is 0 Å². The first-order chi connectivity index (χ1) is 12.6. The summed E-state index contributed by atoms with van der Waals surface area (Å²) in [7, 11) is 0. The number of unbranched alkanes of at least 4 members (excludes halogenated alkanes) is 5. The molecule has 0 aromatic carbocycles. The minimum atomic E-state index is -0.0555. The van der Waals surface area contributed by atoms with Crippen molar-refractivity contribution in [2.45, 2.75) is 148 Å². The molecule has 1 unspecified atom stereocenters. The standard InChI is InChI=1S/C24H48O2/c1-6-11-16-22-21-25-23(17-12-7-2,18-13-8-3)24(26-22,19-14-9-4)20-15-10-5/h22H,6-21H2,1-5H3. The monoisotopic (exact) mass is 368 g/mol. The first-order valence-electron chi connectivity index (χ1n) is 11.9. The molecule has 1 heterocycles.